The van der Waals surface area contributed by atoms with Crippen LogP contribution in [0.15, 0.2) is 16.8 Å². The average molecular weight is 181 g/mol. The van der Waals surface area contributed by atoms with Gasteiger partial charge < -0.3 is 5.11 Å². The van der Waals surface area contributed by atoms with E-state index >= 15 is 0 Å². The van der Waals surface area contributed by atoms with E-state index in [2.05, 4.69) is 10.4 Å². The number of carbonyl (C=O) groups excluding carboxylic acids is 1. The number of carboxylic acid groups (broad SMARTS) is 1. The molecule has 0 aromatic carbocycles. The summed E-state index contributed by atoms with van der Waals surface area (Å²) in [5.41, 5.74) is 3.63. The standard InChI is InChI=1S/C7H7N3O3/c11-6-2-8-5-1-9-10(7(12)13)3-4(5)6/h3,9H,1-2H2,(H,12,13). The van der Waals surface area contributed by atoms with Crippen molar-refractivity contribution >= 4 is 17.6 Å². The van der Waals surface area contributed by atoms with Crippen molar-refractivity contribution in [3.63, 3.8) is 0 Å². The molecule has 6 heteroatoms. The van der Waals surface area contributed by atoms with Crippen LogP contribution in [-0.2, 0) is 4.79 Å². The minimum atomic E-state index is -1.13. The number of hydrazine groups is 1. The number of carbonyl (C=O) groups is 2. The third-order valence-corrected chi connectivity index (χ3v) is 1.91. The molecule has 0 unspecified atom stereocenters. The highest BCUT2D eigenvalue weighted by molar-refractivity contribution is 6.27. The van der Waals surface area contributed by atoms with Crippen molar-refractivity contribution in [1.29, 1.82) is 0 Å². The molecular formula is C7H7N3O3. The normalized spacial score (nSPS) is 20.9. The van der Waals surface area contributed by atoms with Crippen molar-refractivity contribution in [2.24, 2.45) is 4.99 Å². The number of aliphatic imine (C=N–C) groups is 1. The van der Waals surface area contributed by atoms with Crippen LogP contribution in [0.5, 0.6) is 0 Å². The van der Waals surface area contributed by atoms with Gasteiger partial charge in [0, 0.05) is 6.20 Å². The van der Waals surface area contributed by atoms with Crippen LogP contribution < -0.4 is 5.43 Å². The number of nitrogens with zero attached hydrogens (tertiary/aromatic N) is 2. The van der Waals surface area contributed by atoms with E-state index in [1.54, 1.807) is 0 Å². The van der Waals surface area contributed by atoms with Gasteiger partial charge in [0.25, 0.3) is 0 Å². The van der Waals surface area contributed by atoms with Crippen molar-refractivity contribution < 1.29 is 14.7 Å². The Bertz CT molecular complexity index is 345. The minimum absolute atomic E-state index is 0.122. The quantitative estimate of drug-likeness (QED) is 0.522. The summed E-state index contributed by atoms with van der Waals surface area (Å²) in [6.45, 7) is 0.431. The largest absolute Gasteiger partial charge is 0.464 e. The predicted octanol–water partition coefficient (Wildman–Crippen LogP) is -0.608. The summed E-state index contributed by atoms with van der Waals surface area (Å²) in [7, 11) is 0. The zero-order chi connectivity index (χ0) is 9.42. The second kappa shape index (κ2) is 2.67. The molecule has 0 aliphatic carbocycles. The van der Waals surface area contributed by atoms with Gasteiger partial charge in [-0.2, -0.15) is 0 Å². The summed E-state index contributed by atoms with van der Waals surface area (Å²) < 4.78 is 0. The minimum Gasteiger partial charge on any atom is -0.464 e. The molecule has 0 saturated heterocycles. The molecule has 0 bridgehead atoms. The SMILES string of the molecule is O=C1CN=C2CNN(C(=O)O)C=C12. The van der Waals surface area contributed by atoms with E-state index in [1.165, 1.54) is 6.20 Å². The molecule has 0 fully saturated rings. The van der Waals surface area contributed by atoms with Crippen LogP contribution in [0.25, 0.3) is 0 Å². The Hall–Kier alpha value is -1.69. The maximum Gasteiger partial charge on any atom is 0.426 e. The summed E-state index contributed by atoms with van der Waals surface area (Å²) in [5, 5.41) is 9.48. The number of amides is 1. The van der Waals surface area contributed by atoms with E-state index in [4.69, 9.17) is 5.11 Å². The average Bonchev–Trinajstić information content (AvgIpc) is 2.47. The van der Waals surface area contributed by atoms with E-state index < -0.39 is 6.09 Å². The highest BCUT2D eigenvalue weighted by atomic mass is 16.4. The summed E-state index contributed by atoms with van der Waals surface area (Å²) >= 11 is 0. The summed E-state index contributed by atoms with van der Waals surface area (Å²) in [5.74, 6) is -0.122. The Morgan fingerprint density at radius 3 is 3.15 bits per heavy atom. The van der Waals surface area contributed by atoms with Gasteiger partial charge in [-0.05, 0) is 0 Å². The molecule has 1 amide bonds. The van der Waals surface area contributed by atoms with Gasteiger partial charge in [-0.15, -0.1) is 0 Å². The molecule has 0 saturated carbocycles. The Morgan fingerprint density at radius 1 is 1.69 bits per heavy atom. The predicted molar refractivity (Wildman–Crippen MR) is 43.3 cm³/mol. The fraction of sp³-hybridized carbons (Fsp3) is 0.286. The third-order valence-electron chi connectivity index (χ3n) is 1.91. The number of nitrogens with one attached hydrogen (secondary N) is 1. The zero-order valence-electron chi connectivity index (χ0n) is 6.65. The van der Waals surface area contributed by atoms with Gasteiger partial charge in [-0.3, -0.25) is 9.79 Å². The first-order chi connectivity index (χ1) is 6.18. The summed E-state index contributed by atoms with van der Waals surface area (Å²) in [6, 6.07) is 0. The van der Waals surface area contributed by atoms with Gasteiger partial charge in [0.2, 0.25) is 0 Å². The number of Topliss-reactive ketones (excluding diaryl/α,β-unsaturated/α-hetero) is 1. The smallest absolute Gasteiger partial charge is 0.426 e. The molecule has 2 heterocycles. The van der Waals surface area contributed by atoms with E-state index in [1.807, 2.05) is 0 Å². The van der Waals surface area contributed by atoms with Crippen molar-refractivity contribution in [1.82, 2.24) is 10.4 Å². The van der Waals surface area contributed by atoms with Gasteiger partial charge in [-0.1, -0.05) is 0 Å². The van der Waals surface area contributed by atoms with Crippen LogP contribution in [0.1, 0.15) is 0 Å². The van der Waals surface area contributed by atoms with Crippen LogP contribution in [0.2, 0.25) is 0 Å². The summed E-state index contributed by atoms with van der Waals surface area (Å²) in [4.78, 5) is 25.6. The van der Waals surface area contributed by atoms with Gasteiger partial charge in [0.15, 0.2) is 5.78 Å². The molecule has 0 spiro atoms. The lowest BCUT2D eigenvalue weighted by Gasteiger charge is -2.21. The maximum absolute atomic E-state index is 11.1. The highest BCUT2D eigenvalue weighted by Crippen LogP contribution is 2.13. The fourth-order valence-electron chi connectivity index (χ4n) is 1.25. The lowest BCUT2D eigenvalue weighted by molar-refractivity contribution is -0.113. The molecule has 2 aliphatic heterocycles. The van der Waals surface area contributed by atoms with E-state index in [9.17, 15) is 9.59 Å². The monoisotopic (exact) mass is 181 g/mol. The van der Waals surface area contributed by atoms with Crippen molar-refractivity contribution in [3.8, 4) is 0 Å². The van der Waals surface area contributed by atoms with Crippen molar-refractivity contribution in [2.75, 3.05) is 13.1 Å². The molecule has 2 aliphatic rings. The molecule has 0 atom stereocenters. The molecule has 0 aromatic rings. The Kier molecular flexibility index (Phi) is 1.63. The molecular weight excluding hydrogens is 174 g/mol. The van der Waals surface area contributed by atoms with Gasteiger partial charge in [0.05, 0.1) is 17.8 Å². The van der Waals surface area contributed by atoms with Crippen LogP contribution in [-0.4, -0.2) is 40.8 Å². The number of ketones is 1. The molecule has 2 rings (SSSR count). The Balaban J connectivity index is 2.31. The van der Waals surface area contributed by atoms with Gasteiger partial charge in [-0.25, -0.2) is 15.2 Å². The van der Waals surface area contributed by atoms with Crippen molar-refractivity contribution in [3.05, 3.63) is 11.8 Å². The Labute approximate surface area is 73.5 Å². The Morgan fingerprint density at radius 2 is 2.46 bits per heavy atom. The molecule has 2 N–H and O–H groups in total. The van der Waals surface area contributed by atoms with Crippen LogP contribution >= 0.6 is 0 Å². The van der Waals surface area contributed by atoms with E-state index in [0.29, 0.717) is 17.8 Å². The highest BCUT2D eigenvalue weighted by Gasteiger charge is 2.28. The first kappa shape index (κ1) is 7.93. The molecule has 13 heavy (non-hydrogen) atoms. The first-order valence-electron chi connectivity index (χ1n) is 3.73. The van der Waals surface area contributed by atoms with Crippen LogP contribution in [0.4, 0.5) is 4.79 Å². The molecule has 0 radical (unpaired) electrons. The summed E-state index contributed by atoms with van der Waals surface area (Å²) in [6.07, 6.45) is 0.131. The number of hydrogen-bond donors (Lipinski definition) is 2. The molecule has 0 aromatic heterocycles. The van der Waals surface area contributed by atoms with Crippen LogP contribution in [0, 0.1) is 0 Å². The van der Waals surface area contributed by atoms with Crippen molar-refractivity contribution in [2.45, 2.75) is 0 Å². The topological polar surface area (TPSA) is 82.0 Å². The molecule has 6 nitrogen and oxygen atoms in total. The lowest BCUT2D eigenvalue weighted by atomic mass is 10.1. The number of hydrogen-bond acceptors (Lipinski definition) is 4. The zero-order valence-corrected chi connectivity index (χ0v) is 6.65. The maximum atomic E-state index is 11.1. The first-order valence-corrected chi connectivity index (χ1v) is 3.73. The number of fused-ring (bicyclic) bond motifs is 1. The second-order valence-electron chi connectivity index (χ2n) is 2.72. The van der Waals surface area contributed by atoms with Gasteiger partial charge >= 0.3 is 6.09 Å². The fourth-order valence-corrected chi connectivity index (χ4v) is 1.25. The van der Waals surface area contributed by atoms with E-state index in [-0.39, 0.29) is 12.3 Å². The second-order valence-corrected chi connectivity index (χ2v) is 2.72. The van der Waals surface area contributed by atoms with Gasteiger partial charge in [0.1, 0.15) is 6.54 Å². The van der Waals surface area contributed by atoms with E-state index in [0.717, 1.165) is 5.01 Å². The third kappa shape index (κ3) is 1.20. The number of rotatable bonds is 0. The van der Waals surface area contributed by atoms with Crippen LogP contribution in [0.3, 0.4) is 0 Å². The molecule has 68 valence electrons. The lowest BCUT2D eigenvalue weighted by Crippen LogP contribution is -2.45.